The molecule has 0 aromatic heterocycles. The Morgan fingerprint density at radius 2 is 2.45 bits per heavy atom. The molecule has 0 saturated carbocycles. The zero-order valence-electron chi connectivity index (χ0n) is 6.29. The number of allylic oxidation sites excluding steroid dienone is 2. The predicted octanol–water partition coefficient (Wildman–Crippen LogP) is 1.17. The molecular weight excluding hydrogens is 138 g/mol. The van der Waals surface area contributed by atoms with Gasteiger partial charge in [-0.1, -0.05) is 6.08 Å². The fourth-order valence-electron chi connectivity index (χ4n) is 1.59. The minimum atomic E-state index is 0.157. The van der Waals surface area contributed by atoms with Gasteiger partial charge in [0.1, 0.15) is 0 Å². The van der Waals surface area contributed by atoms with Crippen LogP contribution in [0.4, 0.5) is 0 Å². The molecule has 0 aromatic carbocycles. The summed E-state index contributed by atoms with van der Waals surface area (Å²) in [5, 5.41) is 4.23. The van der Waals surface area contributed by atoms with Crippen molar-refractivity contribution in [2.24, 2.45) is 0 Å². The highest BCUT2D eigenvalue weighted by Gasteiger charge is 2.24. The van der Waals surface area contributed by atoms with Crippen LogP contribution in [0.2, 0.25) is 0 Å². The fourth-order valence-corrected chi connectivity index (χ4v) is 1.59. The summed E-state index contributed by atoms with van der Waals surface area (Å²) < 4.78 is 0. The summed E-state index contributed by atoms with van der Waals surface area (Å²) in [6, 6.07) is 0.182. The van der Waals surface area contributed by atoms with Crippen LogP contribution in [0.3, 0.4) is 0 Å². The standard InChI is InChI=1S/C9H10NO/c11-9-5-6-10-8-4-2-1-3-7(8)9/h3,5-6,8H,1-2,4H2. The van der Waals surface area contributed by atoms with Crippen molar-refractivity contribution in [2.75, 3.05) is 0 Å². The lowest BCUT2D eigenvalue weighted by Gasteiger charge is -2.23. The van der Waals surface area contributed by atoms with E-state index in [0.717, 1.165) is 18.4 Å². The van der Waals surface area contributed by atoms with Gasteiger partial charge in [-0.2, -0.15) is 0 Å². The first-order chi connectivity index (χ1) is 5.38. The molecule has 11 heavy (non-hydrogen) atoms. The van der Waals surface area contributed by atoms with Gasteiger partial charge in [-0.3, -0.25) is 10.1 Å². The monoisotopic (exact) mass is 148 g/mol. The molecule has 2 aliphatic rings. The number of carbonyl (C=O) groups is 1. The molecule has 0 bridgehead atoms. The number of nitrogens with zero attached hydrogens (tertiary/aromatic N) is 1. The molecule has 0 spiro atoms. The van der Waals surface area contributed by atoms with E-state index in [4.69, 9.17) is 0 Å². The zero-order chi connectivity index (χ0) is 7.68. The first kappa shape index (κ1) is 6.65. The van der Waals surface area contributed by atoms with E-state index < -0.39 is 0 Å². The van der Waals surface area contributed by atoms with Gasteiger partial charge in [-0.05, 0) is 19.3 Å². The summed E-state index contributed by atoms with van der Waals surface area (Å²) in [6.07, 6.45) is 8.47. The van der Waals surface area contributed by atoms with Gasteiger partial charge in [0.05, 0.1) is 6.04 Å². The van der Waals surface area contributed by atoms with Crippen LogP contribution in [0.1, 0.15) is 19.3 Å². The molecule has 1 unspecified atom stereocenters. The van der Waals surface area contributed by atoms with Crippen LogP contribution in [0.5, 0.6) is 0 Å². The van der Waals surface area contributed by atoms with Crippen LogP contribution in [0.15, 0.2) is 23.9 Å². The van der Waals surface area contributed by atoms with Gasteiger partial charge in [-0.15, -0.1) is 0 Å². The molecule has 0 N–H and O–H groups in total. The van der Waals surface area contributed by atoms with Gasteiger partial charge in [0.2, 0.25) is 0 Å². The topological polar surface area (TPSA) is 31.2 Å². The highest BCUT2D eigenvalue weighted by atomic mass is 16.1. The largest absolute Gasteiger partial charge is 0.290 e. The molecule has 0 fully saturated rings. The molecule has 1 atom stereocenters. The van der Waals surface area contributed by atoms with Gasteiger partial charge in [-0.25, -0.2) is 0 Å². The van der Waals surface area contributed by atoms with Crippen molar-refractivity contribution in [3.8, 4) is 0 Å². The van der Waals surface area contributed by atoms with E-state index >= 15 is 0 Å². The zero-order valence-corrected chi connectivity index (χ0v) is 6.29. The van der Waals surface area contributed by atoms with Gasteiger partial charge in [0.25, 0.3) is 0 Å². The Morgan fingerprint density at radius 1 is 1.55 bits per heavy atom. The molecule has 57 valence electrons. The van der Waals surface area contributed by atoms with Crippen molar-refractivity contribution in [2.45, 2.75) is 25.3 Å². The van der Waals surface area contributed by atoms with E-state index in [2.05, 4.69) is 5.32 Å². The number of hydrogen-bond donors (Lipinski definition) is 0. The first-order valence-electron chi connectivity index (χ1n) is 3.99. The second kappa shape index (κ2) is 2.53. The highest BCUT2D eigenvalue weighted by Crippen LogP contribution is 2.22. The second-order valence-electron chi connectivity index (χ2n) is 2.94. The number of ketones is 1. The summed E-state index contributed by atoms with van der Waals surface area (Å²) in [4.78, 5) is 11.2. The SMILES string of the molecule is O=C1C=C[N]C2CCCC=C12. The third-order valence-electron chi connectivity index (χ3n) is 2.18. The van der Waals surface area contributed by atoms with Crippen molar-refractivity contribution in [1.82, 2.24) is 5.32 Å². The molecule has 1 aliphatic heterocycles. The maximum atomic E-state index is 11.2. The number of fused-ring (bicyclic) bond motifs is 1. The third kappa shape index (κ3) is 1.09. The van der Waals surface area contributed by atoms with Crippen LogP contribution < -0.4 is 5.32 Å². The summed E-state index contributed by atoms with van der Waals surface area (Å²) in [7, 11) is 0. The molecule has 0 amide bonds. The van der Waals surface area contributed by atoms with Crippen LogP contribution in [-0.2, 0) is 4.79 Å². The van der Waals surface area contributed by atoms with E-state index in [1.165, 1.54) is 6.42 Å². The average molecular weight is 148 g/mol. The van der Waals surface area contributed by atoms with E-state index in [-0.39, 0.29) is 11.8 Å². The Hall–Kier alpha value is -1.05. The molecular formula is C9H10NO. The molecule has 2 nitrogen and oxygen atoms in total. The number of hydrogen-bond acceptors (Lipinski definition) is 1. The number of rotatable bonds is 0. The van der Waals surface area contributed by atoms with Gasteiger partial charge < -0.3 is 0 Å². The summed E-state index contributed by atoms with van der Waals surface area (Å²) in [6.45, 7) is 0. The van der Waals surface area contributed by atoms with Crippen LogP contribution in [0, 0.1) is 0 Å². The summed E-state index contributed by atoms with van der Waals surface area (Å²) >= 11 is 0. The molecule has 2 heteroatoms. The van der Waals surface area contributed by atoms with E-state index in [1.54, 1.807) is 12.3 Å². The highest BCUT2D eigenvalue weighted by molar-refractivity contribution is 6.05. The van der Waals surface area contributed by atoms with Crippen LogP contribution in [0.25, 0.3) is 0 Å². The van der Waals surface area contributed by atoms with E-state index in [1.807, 2.05) is 6.08 Å². The van der Waals surface area contributed by atoms with E-state index in [0.29, 0.717) is 0 Å². The second-order valence-corrected chi connectivity index (χ2v) is 2.94. The Kier molecular flexibility index (Phi) is 1.53. The maximum Gasteiger partial charge on any atom is 0.185 e. The molecule has 1 aliphatic carbocycles. The maximum absolute atomic E-state index is 11.2. The van der Waals surface area contributed by atoms with Crippen molar-refractivity contribution in [3.63, 3.8) is 0 Å². The van der Waals surface area contributed by atoms with Crippen LogP contribution in [-0.4, -0.2) is 11.8 Å². The Bertz CT molecular complexity index is 240. The van der Waals surface area contributed by atoms with Gasteiger partial charge in [0.15, 0.2) is 5.78 Å². The normalized spacial score (nSPS) is 28.9. The first-order valence-corrected chi connectivity index (χ1v) is 3.99. The minimum Gasteiger partial charge on any atom is -0.290 e. The van der Waals surface area contributed by atoms with Crippen molar-refractivity contribution < 1.29 is 4.79 Å². The smallest absolute Gasteiger partial charge is 0.185 e. The number of carbonyl (C=O) groups excluding carboxylic acids is 1. The van der Waals surface area contributed by atoms with Crippen molar-refractivity contribution in [1.29, 1.82) is 0 Å². The molecule has 1 heterocycles. The fraction of sp³-hybridized carbons (Fsp3) is 0.444. The van der Waals surface area contributed by atoms with Gasteiger partial charge >= 0.3 is 0 Å². The van der Waals surface area contributed by atoms with E-state index in [9.17, 15) is 4.79 Å². The minimum absolute atomic E-state index is 0.157. The molecule has 2 rings (SSSR count). The quantitative estimate of drug-likeness (QED) is 0.507. The Labute approximate surface area is 66.0 Å². The predicted molar refractivity (Wildman–Crippen MR) is 42.0 cm³/mol. The molecule has 0 aromatic rings. The summed E-state index contributed by atoms with van der Waals surface area (Å²) in [5.74, 6) is 0.157. The Morgan fingerprint density at radius 3 is 3.27 bits per heavy atom. The lowest BCUT2D eigenvalue weighted by molar-refractivity contribution is -0.112. The lowest BCUT2D eigenvalue weighted by Crippen LogP contribution is -2.30. The van der Waals surface area contributed by atoms with Crippen molar-refractivity contribution >= 4 is 5.78 Å². The van der Waals surface area contributed by atoms with Gasteiger partial charge in [0, 0.05) is 17.8 Å². The van der Waals surface area contributed by atoms with Crippen molar-refractivity contribution in [3.05, 3.63) is 23.9 Å². The molecule has 0 saturated heterocycles. The Balaban J connectivity index is 2.30. The third-order valence-corrected chi connectivity index (χ3v) is 2.18. The molecule has 1 radical (unpaired) electrons. The van der Waals surface area contributed by atoms with Crippen LogP contribution >= 0.6 is 0 Å². The average Bonchev–Trinajstić information content (AvgIpc) is 2.06. The summed E-state index contributed by atoms with van der Waals surface area (Å²) in [5.41, 5.74) is 0.916. The lowest BCUT2D eigenvalue weighted by atomic mass is 9.90.